The molecule has 0 saturated carbocycles. The molecule has 0 bridgehead atoms. The molecule has 0 saturated heterocycles. The summed E-state index contributed by atoms with van der Waals surface area (Å²) in [5.41, 5.74) is 3.44. The fourth-order valence-corrected chi connectivity index (χ4v) is 3.65. The summed E-state index contributed by atoms with van der Waals surface area (Å²) in [4.78, 5) is 26.2. The van der Waals surface area contributed by atoms with Crippen LogP contribution in [0, 0.1) is 0 Å². The van der Waals surface area contributed by atoms with Gasteiger partial charge in [0.25, 0.3) is 5.91 Å². The van der Waals surface area contributed by atoms with E-state index in [0.29, 0.717) is 36.0 Å². The fourth-order valence-electron chi connectivity index (χ4n) is 3.46. The number of benzene rings is 2. The molecular formula is C20H19ClN2O4. The number of nitrogens with one attached hydrogen (secondary N) is 1. The van der Waals surface area contributed by atoms with Gasteiger partial charge in [-0.15, -0.1) is 0 Å². The minimum absolute atomic E-state index is 0.206. The van der Waals surface area contributed by atoms with Crippen molar-refractivity contribution in [2.45, 2.75) is 25.9 Å². The van der Waals surface area contributed by atoms with Crippen LogP contribution in [0.15, 0.2) is 36.4 Å². The van der Waals surface area contributed by atoms with Crippen LogP contribution >= 0.6 is 11.6 Å². The van der Waals surface area contributed by atoms with Gasteiger partial charge in [-0.2, -0.15) is 0 Å². The number of carbonyl (C=O) groups is 2. The van der Waals surface area contributed by atoms with Gasteiger partial charge in [-0.3, -0.25) is 9.69 Å². The highest BCUT2D eigenvalue weighted by molar-refractivity contribution is 6.30. The standard InChI is InChI=1S/C20H19ClN2O4/c1-2-26-20(25)23-8-7-12-10-15(4-5-16(12)23)22-19(24)18-11-13-9-14(21)3-6-17(13)27-18/h3-6,9-10,18H,2,7-8,11H2,1H3,(H,22,24)/t18-/m1/s1. The Morgan fingerprint density at radius 1 is 1.26 bits per heavy atom. The smallest absolute Gasteiger partial charge is 0.414 e. The molecule has 2 aromatic rings. The zero-order valence-corrected chi connectivity index (χ0v) is 15.6. The first-order valence-corrected chi connectivity index (χ1v) is 9.26. The lowest BCUT2D eigenvalue weighted by atomic mass is 10.1. The summed E-state index contributed by atoms with van der Waals surface area (Å²) >= 11 is 6.00. The highest BCUT2D eigenvalue weighted by Crippen LogP contribution is 2.33. The number of hydrogen-bond donors (Lipinski definition) is 1. The van der Waals surface area contributed by atoms with Crippen LogP contribution in [0.1, 0.15) is 18.1 Å². The van der Waals surface area contributed by atoms with Crippen LogP contribution in [0.5, 0.6) is 5.75 Å². The van der Waals surface area contributed by atoms with E-state index in [-0.39, 0.29) is 12.0 Å². The first kappa shape index (κ1) is 17.7. The van der Waals surface area contributed by atoms with Crippen LogP contribution < -0.4 is 15.0 Å². The van der Waals surface area contributed by atoms with Crippen molar-refractivity contribution in [1.82, 2.24) is 0 Å². The van der Waals surface area contributed by atoms with Crippen LogP contribution in [0.4, 0.5) is 16.2 Å². The predicted octanol–water partition coefficient (Wildman–Crippen LogP) is 3.80. The molecular weight excluding hydrogens is 368 g/mol. The number of halogens is 1. The van der Waals surface area contributed by atoms with Gasteiger partial charge in [0.2, 0.25) is 0 Å². The number of amides is 2. The summed E-state index contributed by atoms with van der Waals surface area (Å²) in [6.07, 6.45) is 0.289. The Labute approximate surface area is 162 Å². The molecule has 0 spiro atoms. The number of nitrogens with zero attached hydrogens (tertiary/aromatic N) is 1. The second-order valence-corrected chi connectivity index (χ2v) is 6.93. The number of anilines is 2. The quantitative estimate of drug-likeness (QED) is 0.871. The van der Waals surface area contributed by atoms with E-state index in [4.69, 9.17) is 21.1 Å². The SMILES string of the molecule is CCOC(=O)N1CCc2cc(NC(=O)[C@H]3Cc4cc(Cl)ccc4O3)ccc21. The lowest BCUT2D eigenvalue weighted by Crippen LogP contribution is -2.31. The molecule has 0 aromatic heterocycles. The van der Waals surface area contributed by atoms with Gasteiger partial charge in [-0.1, -0.05) is 11.6 Å². The topological polar surface area (TPSA) is 67.9 Å². The van der Waals surface area contributed by atoms with Crippen molar-refractivity contribution in [2.24, 2.45) is 0 Å². The summed E-state index contributed by atoms with van der Waals surface area (Å²) in [6.45, 7) is 2.70. The molecule has 0 radical (unpaired) electrons. The number of ether oxygens (including phenoxy) is 2. The maximum absolute atomic E-state index is 12.6. The number of rotatable bonds is 3. The van der Waals surface area contributed by atoms with Crippen LogP contribution in [-0.4, -0.2) is 31.3 Å². The van der Waals surface area contributed by atoms with Gasteiger partial charge in [-0.25, -0.2) is 4.79 Å². The van der Waals surface area contributed by atoms with Gasteiger partial charge in [0, 0.05) is 23.7 Å². The molecule has 2 aliphatic heterocycles. The van der Waals surface area contributed by atoms with E-state index in [2.05, 4.69) is 5.32 Å². The van der Waals surface area contributed by atoms with E-state index in [1.807, 2.05) is 18.2 Å². The van der Waals surface area contributed by atoms with Crippen molar-refractivity contribution in [3.05, 3.63) is 52.5 Å². The van der Waals surface area contributed by atoms with E-state index in [1.54, 1.807) is 30.0 Å². The minimum Gasteiger partial charge on any atom is -0.480 e. The first-order valence-electron chi connectivity index (χ1n) is 8.88. The molecule has 1 atom stereocenters. The Morgan fingerprint density at radius 3 is 2.93 bits per heavy atom. The zero-order chi connectivity index (χ0) is 19.0. The third kappa shape index (κ3) is 3.45. The first-order chi connectivity index (χ1) is 13.0. The minimum atomic E-state index is -0.581. The van der Waals surface area contributed by atoms with Crippen molar-refractivity contribution in [3.63, 3.8) is 0 Å². The monoisotopic (exact) mass is 386 g/mol. The van der Waals surface area contributed by atoms with Gasteiger partial charge >= 0.3 is 6.09 Å². The van der Waals surface area contributed by atoms with Gasteiger partial charge < -0.3 is 14.8 Å². The van der Waals surface area contributed by atoms with E-state index in [1.165, 1.54) is 0 Å². The second-order valence-electron chi connectivity index (χ2n) is 6.50. The van der Waals surface area contributed by atoms with Crippen molar-refractivity contribution < 1.29 is 19.1 Å². The summed E-state index contributed by atoms with van der Waals surface area (Å²) in [6, 6.07) is 10.9. The Kier molecular flexibility index (Phi) is 4.66. The number of fused-ring (bicyclic) bond motifs is 2. The van der Waals surface area contributed by atoms with Crippen molar-refractivity contribution in [2.75, 3.05) is 23.4 Å². The average Bonchev–Trinajstić information content (AvgIpc) is 3.25. The highest BCUT2D eigenvalue weighted by Gasteiger charge is 2.30. The average molecular weight is 387 g/mol. The molecule has 0 aliphatic carbocycles. The van der Waals surface area contributed by atoms with Crippen LogP contribution in [0.2, 0.25) is 5.02 Å². The van der Waals surface area contributed by atoms with Crippen LogP contribution in [0.25, 0.3) is 0 Å². The maximum atomic E-state index is 12.6. The van der Waals surface area contributed by atoms with E-state index >= 15 is 0 Å². The van der Waals surface area contributed by atoms with Crippen LogP contribution in [0.3, 0.4) is 0 Å². The molecule has 4 rings (SSSR count). The van der Waals surface area contributed by atoms with Gasteiger partial charge in [0.05, 0.1) is 12.3 Å². The molecule has 2 heterocycles. The largest absolute Gasteiger partial charge is 0.480 e. The molecule has 0 fully saturated rings. The molecule has 140 valence electrons. The molecule has 2 aromatic carbocycles. The number of carbonyl (C=O) groups excluding carboxylic acids is 2. The molecule has 7 heteroatoms. The Morgan fingerprint density at radius 2 is 2.11 bits per heavy atom. The van der Waals surface area contributed by atoms with Crippen molar-refractivity contribution >= 4 is 35.0 Å². The fraction of sp³-hybridized carbons (Fsp3) is 0.300. The lowest BCUT2D eigenvalue weighted by molar-refractivity contribution is -0.122. The Balaban J connectivity index is 1.44. The molecule has 6 nitrogen and oxygen atoms in total. The molecule has 27 heavy (non-hydrogen) atoms. The van der Waals surface area contributed by atoms with Gasteiger partial charge in [0.1, 0.15) is 5.75 Å². The maximum Gasteiger partial charge on any atom is 0.414 e. The molecule has 0 unspecified atom stereocenters. The van der Waals surface area contributed by atoms with E-state index in [0.717, 1.165) is 23.2 Å². The highest BCUT2D eigenvalue weighted by atomic mass is 35.5. The summed E-state index contributed by atoms with van der Waals surface area (Å²) in [5.74, 6) is 0.487. The van der Waals surface area contributed by atoms with E-state index < -0.39 is 6.10 Å². The lowest BCUT2D eigenvalue weighted by Gasteiger charge is -2.17. The number of hydrogen-bond acceptors (Lipinski definition) is 4. The van der Waals surface area contributed by atoms with Gasteiger partial charge in [-0.05, 0) is 60.9 Å². The zero-order valence-electron chi connectivity index (χ0n) is 14.8. The van der Waals surface area contributed by atoms with Gasteiger partial charge in [0.15, 0.2) is 6.10 Å². The van der Waals surface area contributed by atoms with Crippen molar-refractivity contribution in [1.29, 1.82) is 0 Å². The molecule has 1 N–H and O–H groups in total. The summed E-state index contributed by atoms with van der Waals surface area (Å²) < 4.78 is 10.8. The Bertz CT molecular complexity index is 915. The predicted molar refractivity (Wildman–Crippen MR) is 103 cm³/mol. The molecule has 2 amide bonds. The second kappa shape index (κ2) is 7.12. The summed E-state index contributed by atoms with van der Waals surface area (Å²) in [5, 5.41) is 3.53. The van der Waals surface area contributed by atoms with Crippen LogP contribution in [-0.2, 0) is 22.4 Å². The normalized spacial score (nSPS) is 17.1. The third-order valence-electron chi connectivity index (χ3n) is 4.72. The third-order valence-corrected chi connectivity index (χ3v) is 4.96. The summed E-state index contributed by atoms with van der Waals surface area (Å²) in [7, 11) is 0. The molecule has 2 aliphatic rings. The Hall–Kier alpha value is -2.73. The van der Waals surface area contributed by atoms with Crippen molar-refractivity contribution in [3.8, 4) is 5.75 Å². The van der Waals surface area contributed by atoms with E-state index in [9.17, 15) is 9.59 Å².